The number of hydrogen-bond donors (Lipinski definition) is 0. The van der Waals surface area contributed by atoms with Gasteiger partial charge in [0.1, 0.15) is 0 Å². The summed E-state index contributed by atoms with van der Waals surface area (Å²) in [5.41, 5.74) is 9.99. The van der Waals surface area contributed by atoms with Crippen molar-refractivity contribution < 1.29 is 37.4 Å². The molecule has 1 aliphatic rings. The Hall–Kier alpha value is -1.79. The van der Waals surface area contributed by atoms with Gasteiger partial charge < -0.3 is 20.7 Å². The van der Waals surface area contributed by atoms with E-state index in [0.717, 1.165) is 44.1 Å². The van der Waals surface area contributed by atoms with E-state index in [0.29, 0.717) is 29.6 Å². The van der Waals surface area contributed by atoms with Crippen molar-refractivity contribution in [3.05, 3.63) is 104 Å². The van der Waals surface area contributed by atoms with Crippen LogP contribution in [-0.2, 0) is 43.9 Å². The Morgan fingerprint density at radius 2 is 1.02 bits per heavy atom. The van der Waals surface area contributed by atoms with Crippen LogP contribution in [0.2, 0.25) is 0 Å². The Morgan fingerprint density at radius 3 is 1.31 bits per heavy atom. The Bertz CT molecular complexity index is 1260. The van der Waals surface area contributed by atoms with Gasteiger partial charge in [-0.25, -0.2) is 0 Å². The van der Waals surface area contributed by atoms with Gasteiger partial charge in [-0.15, -0.1) is 30.0 Å². The molecular formula is C45H71N4OY. The summed E-state index contributed by atoms with van der Waals surface area (Å²) in [5, 5.41) is 14.9. The van der Waals surface area contributed by atoms with Crippen molar-refractivity contribution >= 4 is 11.4 Å². The average molecular weight is 773 g/mol. The number of pyridine rings is 1. The van der Waals surface area contributed by atoms with E-state index in [-0.39, 0.29) is 44.3 Å². The fourth-order valence-electron chi connectivity index (χ4n) is 6.06. The summed E-state index contributed by atoms with van der Waals surface area (Å²) in [6, 6.07) is 19.7. The van der Waals surface area contributed by atoms with Crippen LogP contribution in [0.4, 0.5) is 11.4 Å². The van der Waals surface area contributed by atoms with Crippen molar-refractivity contribution in [3.63, 3.8) is 0 Å². The van der Waals surface area contributed by atoms with Crippen molar-refractivity contribution in [1.29, 1.82) is 0 Å². The van der Waals surface area contributed by atoms with Gasteiger partial charge >= 0.3 is 32.7 Å². The standard InChI is InChI=1S/C26H38N2.C15H25N2.C4H8O.Y/c1-17(2)21-11-9-12-22(18(3)4)25(21)27-15-16-28-26-23(19(5)6)13-10-14-24(26)20(7)8;1-7-12-9-8-10-13(16-12)14(11(2)3)17-15(4,5)6;1-2-4-5-3-1;/h9-14,17-20H,15-16H2,1-8H3;8-11,14H,7H2,1-6H3;1-4H2;/q-2;-1;;+3/t;14-;;/m.1../s1. The molecule has 280 valence electrons. The maximum atomic E-state index is 5.02. The molecule has 2 aromatic carbocycles. The maximum absolute atomic E-state index is 5.02. The van der Waals surface area contributed by atoms with Crippen molar-refractivity contribution in [2.24, 2.45) is 5.92 Å². The second kappa shape index (κ2) is 23.8. The monoisotopic (exact) mass is 772 g/mol. The molecule has 2 heterocycles. The molecule has 0 N–H and O–H groups in total. The van der Waals surface area contributed by atoms with Gasteiger partial charge in [-0.2, -0.15) is 0 Å². The van der Waals surface area contributed by atoms with Gasteiger partial charge in [-0.05, 0) is 55.1 Å². The molecule has 5 nitrogen and oxygen atoms in total. The number of ether oxygens (including phenoxy) is 1. The zero-order chi connectivity index (χ0) is 37.4. The minimum absolute atomic E-state index is 0. The predicted molar refractivity (Wildman–Crippen MR) is 219 cm³/mol. The van der Waals surface area contributed by atoms with E-state index >= 15 is 0 Å². The van der Waals surface area contributed by atoms with E-state index < -0.39 is 0 Å². The molecule has 1 aliphatic heterocycles. The third-order valence-electron chi connectivity index (χ3n) is 8.80. The zero-order valence-corrected chi connectivity index (χ0v) is 37.7. The van der Waals surface area contributed by atoms with E-state index in [4.69, 9.17) is 25.7 Å². The minimum atomic E-state index is -0.0150. The topological polar surface area (TPSA) is 64.4 Å². The van der Waals surface area contributed by atoms with Crippen LogP contribution >= 0.6 is 0 Å². The molecule has 6 heteroatoms. The van der Waals surface area contributed by atoms with Crippen LogP contribution in [0.15, 0.2) is 54.6 Å². The smallest absolute Gasteiger partial charge is 0.685 e. The van der Waals surface area contributed by atoms with Crippen LogP contribution in [0.1, 0.15) is 173 Å². The number of hydrogen-bond acceptors (Lipinski definition) is 2. The maximum Gasteiger partial charge on any atom is 3.00 e. The molecule has 1 atom stereocenters. The molecule has 3 aromatic rings. The molecule has 1 saturated heterocycles. The van der Waals surface area contributed by atoms with Gasteiger partial charge in [0.05, 0.1) is 0 Å². The third kappa shape index (κ3) is 16.4. The van der Waals surface area contributed by atoms with Gasteiger partial charge in [0.25, 0.3) is 0 Å². The molecule has 0 radical (unpaired) electrons. The number of benzene rings is 2. The number of aryl methyl sites for hydroxylation is 1. The van der Waals surface area contributed by atoms with Crippen LogP contribution in [0.3, 0.4) is 0 Å². The third-order valence-corrected chi connectivity index (χ3v) is 8.80. The average Bonchev–Trinajstić information content (AvgIpc) is 3.65. The van der Waals surface area contributed by atoms with E-state index in [2.05, 4.69) is 152 Å². The first-order valence-corrected chi connectivity index (χ1v) is 19.4. The van der Waals surface area contributed by atoms with Gasteiger partial charge in [0, 0.05) is 24.6 Å². The Morgan fingerprint density at radius 1 is 0.627 bits per heavy atom. The van der Waals surface area contributed by atoms with E-state index in [1.807, 2.05) is 0 Å². The minimum Gasteiger partial charge on any atom is -0.685 e. The molecule has 0 amide bonds. The molecule has 0 saturated carbocycles. The summed E-state index contributed by atoms with van der Waals surface area (Å²) in [6.45, 7) is 34.4. The summed E-state index contributed by atoms with van der Waals surface area (Å²) in [5.74, 6) is 2.38. The van der Waals surface area contributed by atoms with Crippen LogP contribution in [0.25, 0.3) is 16.0 Å². The molecule has 0 bridgehead atoms. The van der Waals surface area contributed by atoms with Crippen LogP contribution in [-0.4, -0.2) is 36.8 Å². The van der Waals surface area contributed by atoms with Crippen molar-refractivity contribution in [2.45, 2.75) is 151 Å². The van der Waals surface area contributed by atoms with Gasteiger partial charge in [-0.3, -0.25) is 4.98 Å². The van der Waals surface area contributed by atoms with Crippen molar-refractivity contribution in [2.75, 3.05) is 26.3 Å². The summed E-state index contributed by atoms with van der Waals surface area (Å²) >= 11 is 0. The summed E-state index contributed by atoms with van der Waals surface area (Å²) in [6.07, 6.45) is 3.54. The number of rotatable bonds is 13. The predicted octanol–water partition coefficient (Wildman–Crippen LogP) is 14.2. The molecule has 0 spiro atoms. The van der Waals surface area contributed by atoms with Crippen LogP contribution < -0.4 is 0 Å². The van der Waals surface area contributed by atoms with Crippen LogP contribution in [0, 0.1) is 5.92 Å². The van der Waals surface area contributed by atoms with E-state index in [1.165, 1.54) is 46.5 Å². The number of aromatic nitrogens is 1. The molecule has 0 aliphatic carbocycles. The number of nitrogens with zero attached hydrogens (tertiary/aromatic N) is 4. The molecule has 1 aromatic heterocycles. The Kier molecular flexibility index (Phi) is 22.0. The second-order valence-electron chi connectivity index (χ2n) is 16.2. The number of para-hydroxylation sites is 2. The Labute approximate surface area is 339 Å². The first kappa shape index (κ1) is 47.2. The van der Waals surface area contributed by atoms with E-state index in [9.17, 15) is 0 Å². The van der Waals surface area contributed by atoms with E-state index in [1.54, 1.807) is 0 Å². The normalized spacial score (nSPS) is 13.5. The first-order chi connectivity index (χ1) is 23.6. The molecule has 4 rings (SSSR count). The second-order valence-corrected chi connectivity index (χ2v) is 16.2. The molecular weight excluding hydrogens is 701 g/mol. The van der Waals surface area contributed by atoms with Gasteiger partial charge in [0.15, 0.2) is 0 Å². The quantitative estimate of drug-likeness (QED) is 0.162. The van der Waals surface area contributed by atoms with Crippen LogP contribution in [0.5, 0.6) is 0 Å². The molecule has 51 heavy (non-hydrogen) atoms. The summed E-state index contributed by atoms with van der Waals surface area (Å²) in [7, 11) is 0. The van der Waals surface area contributed by atoms with Crippen molar-refractivity contribution in [3.8, 4) is 0 Å². The SMILES string of the molecule is C1CCOC1.CC(C)c1cccc(C(C)C)c1[N-]CC[N-]c1c(C(C)C)cccc1C(C)C.CCc1cccc([C@H]([N-]C(C)(C)C)C(C)C)n1.[Y+3]. The Balaban J connectivity index is 0.000000477. The summed E-state index contributed by atoms with van der Waals surface area (Å²) in [4.78, 5) is 4.70. The van der Waals surface area contributed by atoms with Gasteiger partial charge in [-0.1, -0.05) is 174 Å². The fraction of sp³-hybridized carbons (Fsp3) is 0.622. The first-order valence-electron chi connectivity index (χ1n) is 19.4. The fourth-order valence-corrected chi connectivity index (χ4v) is 6.06. The largest absolute Gasteiger partial charge is 3.00 e. The molecule has 0 unspecified atom stereocenters. The summed E-state index contributed by atoms with van der Waals surface area (Å²) < 4.78 is 4.94. The van der Waals surface area contributed by atoms with Crippen molar-refractivity contribution in [1.82, 2.24) is 4.98 Å². The zero-order valence-electron chi connectivity index (χ0n) is 34.9. The molecule has 1 fully saturated rings. The van der Waals surface area contributed by atoms with Gasteiger partial charge in [0.2, 0.25) is 0 Å².